The molecule has 1 N–H and O–H groups in total. The highest BCUT2D eigenvalue weighted by Gasteiger charge is 2.25. The third-order valence-electron chi connectivity index (χ3n) is 4.25. The van der Waals surface area contributed by atoms with Crippen molar-refractivity contribution < 1.29 is 0 Å². The van der Waals surface area contributed by atoms with E-state index in [9.17, 15) is 0 Å². The summed E-state index contributed by atoms with van der Waals surface area (Å²) < 4.78 is 0. The molecule has 0 aliphatic heterocycles. The van der Waals surface area contributed by atoms with Crippen molar-refractivity contribution in [2.75, 3.05) is 19.6 Å². The molecular weight excluding hydrogens is 208 g/mol. The van der Waals surface area contributed by atoms with Crippen molar-refractivity contribution in [2.45, 2.75) is 71.9 Å². The molecule has 1 unspecified atom stereocenters. The fourth-order valence-corrected chi connectivity index (χ4v) is 3.14. The fourth-order valence-electron chi connectivity index (χ4n) is 3.14. The van der Waals surface area contributed by atoms with E-state index < -0.39 is 0 Å². The highest BCUT2D eigenvalue weighted by atomic mass is 15.2. The Kier molecular flexibility index (Phi) is 7.14. The van der Waals surface area contributed by atoms with Gasteiger partial charge in [-0.15, -0.1) is 0 Å². The molecule has 1 saturated carbocycles. The predicted molar refractivity (Wildman–Crippen MR) is 76.4 cm³/mol. The summed E-state index contributed by atoms with van der Waals surface area (Å²) in [6.07, 6.45) is 7.22. The molecule has 0 amide bonds. The van der Waals surface area contributed by atoms with Gasteiger partial charge in [0.05, 0.1) is 0 Å². The molecule has 0 spiro atoms. The van der Waals surface area contributed by atoms with Gasteiger partial charge in [0.2, 0.25) is 0 Å². The van der Waals surface area contributed by atoms with Crippen LogP contribution in [-0.4, -0.2) is 36.6 Å². The lowest BCUT2D eigenvalue weighted by Gasteiger charge is -2.36. The normalized spacial score (nSPS) is 20.1. The van der Waals surface area contributed by atoms with E-state index >= 15 is 0 Å². The minimum atomic E-state index is 0.671. The van der Waals surface area contributed by atoms with Gasteiger partial charge in [0.25, 0.3) is 0 Å². The largest absolute Gasteiger partial charge is 0.313 e. The second-order valence-electron chi connectivity index (χ2n) is 5.74. The molecule has 0 saturated heterocycles. The maximum atomic E-state index is 3.73. The van der Waals surface area contributed by atoms with Crippen LogP contribution in [0.15, 0.2) is 0 Å². The van der Waals surface area contributed by atoms with Crippen LogP contribution in [-0.2, 0) is 0 Å². The third kappa shape index (κ3) is 4.97. The summed E-state index contributed by atoms with van der Waals surface area (Å²) in [6.45, 7) is 12.7. The molecule has 1 atom stereocenters. The van der Waals surface area contributed by atoms with Crippen LogP contribution in [0.5, 0.6) is 0 Å². The van der Waals surface area contributed by atoms with Gasteiger partial charge >= 0.3 is 0 Å². The monoisotopic (exact) mass is 240 g/mol. The summed E-state index contributed by atoms with van der Waals surface area (Å²) >= 11 is 0. The van der Waals surface area contributed by atoms with E-state index in [2.05, 4.69) is 37.9 Å². The van der Waals surface area contributed by atoms with Crippen LogP contribution in [0.25, 0.3) is 0 Å². The lowest BCUT2D eigenvalue weighted by Crippen LogP contribution is -2.48. The zero-order valence-electron chi connectivity index (χ0n) is 12.3. The molecule has 102 valence electrons. The molecule has 0 aromatic heterocycles. The number of nitrogens with one attached hydrogen (secondary N) is 1. The summed E-state index contributed by atoms with van der Waals surface area (Å²) in [5, 5.41) is 3.73. The first-order valence-corrected chi connectivity index (χ1v) is 7.66. The average molecular weight is 240 g/mol. The van der Waals surface area contributed by atoms with Crippen molar-refractivity contribution >= 4 is 0 Å². The van der Waals surface area contributed by atoms with E-state index in [0.29, 0.717) is 12.1 Å². The Morgan fingerprint density at radius 1 is 1.12 bits per heavy atom. The average Bonchev–Trinajstić information content (AvgIpc) is 2.35. The van der Waals surface area contributed by atoms with Crippen LogP contribution in [0.1, 0.15) is 59.8 Å². The standard InChI is InChI=1S/C15H32N2/c1-5-16-15(12-17(6-2)13(3)4)14-10-8-7-9-11-14/h13-16H,5-12H2,1-4H3. The molecule has 1 fully saturated rings. The topological polar surface area (TPSA) is 15.3 Å². The van der Waals surface area contributed by atoms with E-state index in [-0.39, 0.29) is 0 Å². The Hall–Kier alpha value is -0.0800. The van der Waals surface area contributed by atoms with Crippen molar-refractivity contribution in [1.29, 1.82) is 0 Å². The maximum absolute atomic E-state index is 3.73. The molecule has 0 aromatic rings. The van der Waals surface area contributed by atoms with Gasteiger partial charge < -0.3 is 5.32 Å². The molecular formula is C15H32N2. The molecule has 1 aliphatic carbocycles. The van der Waals surface area contributed by atoms with Crippen LogP contribution in [0, 0.1) is 5.92 Å². The first-order valence-electron chi connectivity index (χ1n) is 7.66. The van der Waals surface area contributed by atoms with Crippen LogP contribution in [0.2, 0.25) is 0 Å². The van der Waals surface area contributed by atoms with Gasteiger partial charge in [0.15, 0.2) is 0 Å². The number of hydrogen-bond donors (Lipinski definition) is 1. The Balaban J connectivity index is 2.51. The Bertz CT molecular complexity index is 185. The summed E-state index contributed by atoms with van der Waals surface area (Å²) in [7, 11) is 0. The number of hydrogen-bond acceptors (Lipinski definition) is 2. The number of rotatable bonds is 7. The molecule has 2 heteroatoms. The van der Waals surface area contributed by atoms with E-state index in [4.69, 9.17) is 0 Å². The first kappa shape index (κ1) is 15.0. The summed E-state index contributed by atoms with van der Waals surface area (Å²) in [4.78, 5) is 2.60. The molecule has 2 nitrogen and oxygen atoms in total. The first-order chi connectivity index (χ1) is 8.19. The third-order valence-corrected chi connectivity index (χ3v) is 4.25. The molecule has 1 aliphatic rings. The predicted octanol–water partition coefficient (Wildman–Crippen LogP) is 3.28. The fraction of sp³-hybridized carbons (Fsp3) is 1.00. The van der Waals surface area contributed by atoms with Crippen LogP contribution in [0.3, 0.4) is 0 Å². The van der Waals surface area contributed by atoms with Crippen molar-refractivity contribution in [3.63, 3.8) is 0 Å². The molecule has 0 heterocycles. The molecule has 1 rings (SSSR count). The summed E-state index contributed by atoms with van der Waals surface area (Å²) in [5.74, 6) is 0.913. The molecule has 0 aromatic carbocycles. The zero-order valence-corrected chi connectivity index (χ0v) is 12.3. The molecule has 0 radical (unpaired) electrons. The SMILES string of the molecule is CCNC(CN(CC)C(C)C)C1CCCCC1. The zero-order chi connectivity index (χ0) is 12.7. The smallest absolute Gasteiger partial charge is 0.0223 e. The highest BCUT2D eigenvalue weighted by Crippen LogP contribution is 2.27. The highest BCUT2D eigenvalue weighted by molar-refractivity contribution is 4.82. The van der Waals surface area contributed by atoms with Crippen LogP contribution < -0.4 is 5.32 Å². The second kappa shape index (κ2) is 8.10. The Labute approximate surface area is 108 Å². The van der Waals surface area contributed by atoms with Gasteiger partial charge in [-0.25, -0.2) is 0 Å². The van der Waals surface area contributed by atoms with E-state index in [1.54, 1.807) is 0 Å². The summed E-state index contributed by atoms with van der Waals surface area (Å²) in [5.41, 5.74) is 0. The number of nitrogens with zero attached hydrogens (tertiary/aromatic N) is 1. The van der Waals surface area contributed by atoms with Crippen molar-refractivity contribution in [3.8, 4) is 0 Å². The van der Waals surface area contributed by atoms with Gasteiger partial charge in [-0.3, -0.25) is 4.90 Å². The van der Waals surface area contributed by atoms with E-state index in [1.165, 1.54) is 45.2 Å². The second-order valence-corrected chi connectivity index (χ2v) is 5.74. The molecule has 17 heavy (non-hydrogen) atoms. The maximum Gasteiger partial charge on any atom is 0.0223 e. The van der Waals surface area contributed by atoms with Crippen LogP contribution >= 0.6 is 0 Å². The van der Waals surface area contributed by atoms with Crippen molar-refractivity contribution in [2.24, 2.45) is 5.92 Å². The Morgan fingerprint density at radius 3 is 2.24 bits per heavy atom. The quantitative estimate of drug-likeness (QED) is 0.735. The van der Waals surface area contributed by atoms with Gasteiger partial charge in [-0.05, 0) is 45.7 Å². The lowest BCUT2D eigenvalue weighted by atomic mass is 9.83. The number of likely N-dealkylation sites (N-methyl/N-ethyl adjacent to an activating group) is 2. The van der Waals surface area contributed by atoms with Crippen LogP contribution in [0.4, 0.5) is 0 Å². The van der Waals surface area contributed by atoms with Gasteiger partial charge in [-0.2, -0.15) is 0 Å². The minimum absolute atomic E-state index is 0.671. The minimum Gasteiger partial charge on any atom is -0.313 e. The lowest BCUT2D eigenvalue weighted by molar-refractivity contribution is 0.163. The van der Waals surface area contributed by atoms with Gasteiger partial charge in [0.1, 0.15) is 0 Å². The van der Waals surface area contributed by atoms with Crippen molar-refractivity contribution in [3.05, 3.63) is 0 Å². The summed E-state index contributed by atoms with van der Waals surface area (Å²) in [6, 6.07) is 1.38. The van der Waals surface area contributed by atoms with Crippen molar-refractivity contribution in [1.82, 2.24) is 10.2 Å². The molecule has 0 bridgehead atoms. The van der Waals surface area contributed by atoms with Gasteiger partial charge in [-0.1, -0.05) is 33.1 Å². The van der Waals surface area contributed by atoms with E-state index in [0.717, 1.165) is 12.5 Å². The van der Waals surface area contributed by atoms with Gasteiger partial charge in [0, 0.05) is 18.6 Å². The van der Waals surface area contributed by atoms with E-state index in [1.807, 2.05) is 0 Å². The Morgan fingerprint density at radius 2 is 1.76 bits per heavy atom.